The van der Waals surface area contributed by atoms with Crippen molar-refractivity contribution in [1.29, 1.82) is 0 Å². The Morgan fingerprint density at radius 1 is 1.19 bits per heavy atom. The molecule has 2 rings (SSSR count). The van der Waals surface area contributed by atoms with Crippen LogP contribution in [0.3, 0.4) is 0 Å². The summed E-state index contributed by atoms with van der Waals surface area (Å²) in [4.78, 5) is 0. The molecule has 1 aliphatic heterocycles. The van der Waals surface area contributed by atoms with Gasteiger partial charge >= 0.3 is 0 Å². The Morgan fingerprint density at radius 3 is 2.38 bits per heavy atom. The highest BCUT2D eigenvalue weighted by Crippen LogP contribution is 2.37. The summed E-state index contributed by atoms with van der Waals surface area (Å²) in [6.45, 7) is 0.581. The molecule has 1 aliphatic rings. The van der Waals surface area contributed by atoms with Crippen molar-refractivity contribution in [3.8, 4) is 0 Å². The minimum absolute atomic E-state index is 0. The van der Waals surface area contributed by atoms with E-state index in [1.165, 1.54) is 24.3 Å². The lowest BCUT2D eigenvalue weighted by molar-refractivity contribution is -0.0620. The van der Waals surface area contributed by atoms with Crippen molar-refractivity contribution in [1.82, 2.24) is 5.32 Å². The summed E-state index contributed by atoms with van der Waals surface area (Å²) in [6, 6.07) is 4.26. The summed E-state index contributed by atoms with van der Waals surface area (Å²) in [7, 11) is 0. The fourth-order valence-electron chi connectivity index (χ4n) is 1.88. The second-order valence-corrected chi connectivity index (χ2v) is 3.80. The van der Waals surface area contributed by atoms with Gasteiger partial charge in [-0.25, -0.2) is 13.2 Å². The number of hydrogen-bond acceptors (Lipinski definition) is 1. The topological polar surface area (TPSA) is 12.0 Å². The molecule has 0 saturated carbocycles. The van der Waals surface area contributed by atoms with Gasteiger partial charge in [0.15, 0.2) is 0 Å². The number of benzene rings is 1. The molecule has 1 saturated heterocycles. The molecule has 90 valence electrons. The predicted octanol–water partition coefficient (Wildman–Crippen LogP) is 3.31. The third-order valence-corrected chi connectivity index (χ3v) is 2.66. The molecular weight excluding hydrogens is 239 g/mol. The molecule has 5 heteroatoms. The Labute approximate surface area is 98.4 Å². The van der Waals surface area contributed by atoms with Crippen molar-refractivity contribution < 1.29 is 13.2 Å². The molecule has 1 atom stereocenters. The van der Waals surface area contributed by atoms with Gasteiger partial charge in [0, 0.05) is 6.42 Å². The van der Waals surface area contributed by atoms with Crippen LogP contribution in [0.2, 0.25) is 0 Å². The Morgan fingerprint density at radius 2 is 1.81 bits per heavy atom. The van der Waals surface area contributed by atoms with Crippen LogP contribution < -0.4 is 5.32 Å². The molecule has 1 heterocycles. The summed E-state index contributed by atoms with van der Waals surface area (Å²) in [5, 5.41) is 2.77. The molecule has 1 nitrogen and oxygen atoms in total. The van der Waals surface area contributed by atoms with Crippen molar-refractivity contribution in [3.05, 3.63) is 35.6 Å². The standard InChI is InChI=1S/C11H12F3N.ClH/c12-9-4-2-8(3-5-9)10-11(13,14)6-1-7-15-10;/h2-5,10,15H,1,6-7H2;1H. The lowest BCUT2D eigenvalue weighted by Crippen LogP contribution is -2.42. The molecule has 1 N–H and O–H groups in total. The molecule has 0 radical (unpaired) electrons. The number of piperidine rings is 1. The highest BCUT2D eigenvalue weighted by Gasteiger charge is 2.42. The zero-order valence-corrected chi connectivity index (χ0v) is 9.37. The number of halogens is 4. The van der Waals surface area contributed by atoms with Crippen LogP contribution in [0.5, 0.6) is 0 Å². The molecule has 1 fully saturated rings. The second kappa shape index (κ2) is 5.06. The van der Waals surface area contributed by atoms with E-state index in [-0.39, 0.29) is 18.8 Å². The van der Waals surface area contributed by atoms with Gasteiger partial charge in [0.25, 0.3) is 5.92 Å². The summed E-state index contributed by atoms with van der Waals surface area (Å²) >= 11 is 0. The first-order chi connectivity index (χ1) is 7.09. The van der Waals surface area contributed by atoms with Crippen LogP contribution >= 0.6 is 12.4 Å². The van der Waals surface area contributed by atoms with Crippen LogP contribution in [0.15, 0.2) is 24.3 Å². The van der Waals surface area contributed by atoms with Crippen LogP contribution in [-0.4, -0.2) is 12.5 Å². The van der Waals surface area contributed by atoms with Crippen molar-refractivity contribution >= 4 is 12.4 Å². The molecule has 16 heavy (non-hydrogen) atoms. The fraction of sp³-hybridized carbons (Fsp3) is 0.455. The van der Waals surface area contributed by atoms with Crippen LogP contribution in [-0.2, 0) is 0 Å². The van der Waals surface area contributed by atoms with E-state index < -0.39 is 17.8 Å². The highest BCUT2D eigenvalue weighted by atomic mass is 35.5. The first-order valence-electron chi connectivity index (χ1n) is 4.96. The maximum Gasteiger partial charge on any atom is 0.267 e. The average Bonchev–Trinajstić information content (AvgIpc) is 2.19. The van der Waals surface area contributed by atoms with E-state index in [4.69, 9.17) is 0 Å². The Kier molecular flexibility index (Phi) is 4.21. The lowest BCUT2D eigenvalue weighted by atomic mass is 9.94. The summed E-state index contributed by atoms with van der Waals surface area (Å²) in [6.07, 6.45) is 0.368. The van der Waals surface area contributed by atoms with Crippen molar-refractivity contribution in [3.63, 3.8) is 0 Å². The zero-order valence-electron chi connectivity index (χ0n) is 8.55. The largest absolute Gasteiger partial charge is 0.305 e. The van der Waals surface area contributed by atoms with Crippen LogP contribution in [0.4, 0.5) is 13.2 Å². The van der Waals surface area contributed by atoms with Gasteiger partial charge in [-0.2, -0.15) is 0 Å². The van der Waals surface area contributed by atoms with Crippen LogP contribution in [0.25, 0.3) is 0 Å². The third-order valence-electron chi connectivity index (χ3n) is 2.66. The highest BCUT2D eigenvalue weighted by molar-refractivity contribution is 5.85. The van der Waals surface area contributed by atoms with E-state index in [2.05, 4.69) is 5.32 Å². The van der Waals surface area contributed by atoms with E-state index in [0.717, 1.165) is 0 Å². The van der Waals surface area contributed by atoms with E-state index in [0.29, 0.717) is 18.5 Å². The average molecular weight is 252 g/mol. The fourth-order valence-corrected chi connectivity index (χ4v) is 1.88. The van der Waals surface area contributed by atoms with Gasteiger partial charge in [-0.3, -0.25) is 0 Å². The SMILES string of the molecule is Cl.Fc1ccc(C2NCCCC2(F)F)cc1. The second-order valence-electron chi connectivity index (χ2n) is 3.80. The van der Waals surface area contributed by atoms with Gasteiger partial charge in [0.2, 0.25) is 0 Å². The van der Waals surface area contributed by atoms with Gasteiger partial charge in [0.1, 0.15) is 5.82 Å². The van der Waals surface area contributed by atoms with Crippen molar-refractivity contribution in [2.75, 3.05) is 6.54 Å². The van der Waals surface area contributed by atoms with Gasteiger partial charge in [-0.1, -0.05) is 12.1 Å². The third kappa shape index (κ3) is 2.68. The maximum absolute atomic E-state index is 13.5. The zero-order chi connectivity index (χ0) is 10.9. The minimum atomic E-state index is -2.74. The summed E-state index contributed by atoms with van der Waals surface area (Å²) in [5.41, 5.74) is 0.445. The summed E-state index contributed by atoms with van der Waals surface area (Å²) in [5.74, 6) is -3.14. The maximum atomic E-state index is 13.5. The minimum Gasteiger partial charge on any atom is -0.305 e. The van der Waals surface area contributed by atoms with Gasteiger partial charge in [0.05, 0.1) is 6.04 Å². The van der Waals surface area contributed by atoms with Gasteiger partial charge < -0.3 is 5.32 Å². The monoisotopic (exact) mass is 251 g/mol. The quantitative estimate of drug-likeness (QED) is 0.808. The molecule has 1 aromatic rings. The molecule has 0 bridgehead atoms. The number of nitrogens with one attached hydrogen (secondary N) is 1. The molecule has 0 spiro atoms. The molecular formula is C11H13ClF3N. The molecule has 0 amide bonds. The Hall–Kier alpha value is -0.740. The smallest absolute Gasteiger partial charge is 0.267 e. The molecule has 0 aliphatic carbocycles. The molecule has 1 aromatic carbocycles. The van der Waals surface area contributed by atoms with Crippen LogP contribution in [0.1, 0.15) is 24.4 Å². The first-order valence-corrected chi connectivity index (χ1v) is 4.96. The van der Waals surface area contributed by atoms with E-state index >= 15 is 0 Å². The number of alkyl halides is 2. The van der Waals surface area contributed by atoms with E-state index in [1.807, 2.05) is 0 Å². The normalized spacial score (nSPS) is 23.6. The summed E-state index contributed by atoms with van der Waals surface area (Å²) < 4.78 is 39.6. The van der Waals surface area contributed by atoms with Crippen molar-refractivity contribution in [2.24, 2.45) is 0 Å². The number of rotatable bonds is 1. The van der Waals surface area contributed by atoms with Crippen molar-refractivity contribution in [2.45, 2.75) is 24.8 Å². The van der Waals surface area contributed by atoms with E-state index in [9.17, 15) is 13.2 Å². The molecule has 1 unspecified atom stereocenters. The Bertz CT molecular complexity index is 340. The van der Waals surface area contributed by atoms with Gasteiger partial charge in [-0.05, 0) is 30.7 Å². The first kappa shape index (κ1) is 13.3. The number of hydrogen-bond donors (Lipinski definition) is 1. The predicted molar refractivity (Wildman–Crippen MR) is 58.6 cm³/mol. The van der Waals surface area contributed by atoms with E-state index in [1.54, 1.807) is 0 Å². The van der Waals surface area contributed by atoms with Crippen LogP contribution in [0, 0.1) is 5.82 Å². The molecule has 0 aromatic heterocycles. The lowest BCUT2D eigenvalue weighted by Gasteiger charge is -2.32. The van der Waals surface area contributed by atoms with Gasteiger partial charge in [-0.15, -0.1) is 12.4 Å². The Balaban J connectivity index is 0.00000128.